The molecular weight excluding hydrogens is 306 g/mol. The smallest absolute Gasteiger partial charge is 0.252 e. The summed E-state index contributed by atoms with van der Waals surface area (Å²) in [7, 11) is 0. The molecule has 2 rings (SSSR count). The van der Waals surface area contributed by atoms with E-state index >= 15 is 0 Å². The molecule has 1 heterocycles. The summed E-state index contributed by atoms with van der Waals surface area (Å²) >= 11 is 6.79. The molecule has 5 heteroatoms. The van der Waals surface area contributed by atoms with E-state index in [9.17, 15) is 4.79 Å². The van der Waals surface area contributed by atoms with Crippen LogP contribution in [-0.2, 0) is 0 Å². The fourth-order valence-corrected chi connectivity index (χ4v) is 3.85. The number of thioether (sulfide) groups is 1. The molecule has 1 aromatic heterocycles. The fourth-order valence-electron chi connectivity index (χ4n) is 1.80. The molecule has 88 valence electrons. The Balaban J connectivity index is 1.88. The maximum absolute atomic E-state index is 11.8. The lowest BCUT2D eigenvalue weighted by Crippen LogP contribution is -2.45. The van der Waals surface area contributed by atoms with Crippen LogP contribution in [0.2, 0.25) is 0 Å². The number of amides is 1. The molecule has 0 radical (unpaired) electrons. The molecule has 0 aliphatic heterocycles. The van der Waals surface area contributed by atoms with Crippen molar-refractivity contribution in [2.24, 2.45) is 0 Å². The van der Waals surface area contributed by atoms with E-state index in [2.05, 4.69) is 27.5 Å². The van der Waals surface area contributed by atoms with Crippen LogP contribution in [0.15, 0.2) is 15.2 Å². The first-order valence-electron chi connectivity index (χ1n) is 5.23. The number of thiophene rings is 1. The number of carbonyl (C=O) groups excluding carboxylic acids is 1. The summed E-state index contributed by atoms with van der Waals surface area (Å²) in [4.78, 5) is 11.8. The minimum Gasteiger partial charge on any atom is -0.351 e. The summed E-state index contributed by atoms with van der Waals surface area (Å²) < 4.78 is 1.31. The highest BCUT2D eigenvalue weighted by atomic mass is 79.9. The number of hydrogen-bond acceptors (Lipinski definition) is 3. The second-order valence-electron chi connectivity index (χ2n) is 4.06. The minimum absolute atomic E-state index is 0.0438. The Labute approximate surface area is 112 Å². The van der Waals surface area contributed by atoms with E-state index in [0.29, 0.717) is 4.75 Å². The molecule has 2 nitrogen and oxygen atoms in total. The Bertz CT molecular complexity index is 382. The van der Waals surface area contributed by atoms with Gasteiger partial charge in [0.2, 0.25) is 0 Å². The summed E-state index contributed by atoms with van der Waals surface area (Å²) in [6.45, 7) is 0.792. The molecule has 1 aromatic rings. The highest BCUT2D eigenvalue weighted by Crippen LogP contribution is 2.42. The summed E-state index contributed by atoms with van der Waals surface area (Å²) in [5.41, 5.74) is 0.757. The summed E-state index contributed by atoms with van der Waals surface area (Å²) in [6.07, 6.45) is 5.87. The zero-order chi connectivity index (χ0) is 11.6. The fraction of sp³-hybridized carbons (Fsp3) is 0.545. The molecule has 0 aromatic carbocycles. The first-order valence-corrected chi connectivity index (χ1v) is 8.12. The molecule has 1 aliphatic rings. The zero-order valence-corrected chi connectivity index (χ0v) is 12.3. The normalized spacial score (nSPS) is 17.9. The van der Waals surface area contributed by atoms with Crippen molar-refractivity contribution < 1.29 is 4.79 Å². The van der Waals surface area contributed by atoms with Crippen molar-refractivity contribution in [3.8, 4) is 0 Å². The van der Waals surface area contributed by atoms with Crippen LogP contribution in [0.3, 0.4) is 0 Å². The molecule has 1 N–H and O–H groups in total. The van der Waals surface area contributed by atoms with Gasteiger partial charge in [0, 0.05) is 16.7 Å². The summed E-state index contributed by atoms with van der Waals surface area (Å²) in [5.74, 6) is 0.0438. The van der Waals surface area contributed by atoms with E-state index in [1.165, 1.54) is 19.3 Å². The Kier molecular flexibility index (Phi) is 3.97. The standard InChI is InChI=1S/C11H14BrNOS2/c1-15-11(3-2-4-11)7-13-10(14)8-5-9(12)16-6-8/h5-6H,2-4,7H2,1H3,(H,13,14). The molecule has 0 unspecified atom stereocenters. The van der Waals surface area contributed by atoms with Gasteiger partial charge in [-0.2, -0.15) is 11.8 Å². The number of rotatable bonds is 4. The van der Waals surface area contributed by atoms with Gasteiger partial charge in [0.25, 0.3) is 5.91 Å². The van der Waals surface area contributed by atoms with Crippen LogP contribution in [0.1, 0.15) is 29.6 Å². The van der Waals surface area contributed by atoms with Crippen molar-refractivity contribution in [2.45, 2.75) is 24.0 Å². The number of hydrogen-bond donors (Lipinski definition) is 1. The lowest BCUT2D eigenvalue weighted by Gasteiger charge is -2.40. The van der Waals surface area contributed by atoms with Crippen LogP contribution < -0.4 is 5.32 Å². The molecule has 0 atom stereocenters. The summed E-state index contributed by atoms with van der Waals surface area (Å²) in [5, 5.41) is 4.91. The molecule has 16 heavy (non-hydrogen) atoms. The maximum atomic E-state index is 11.8. The van der Waals surface area contributed by atoms with E-state index in [4.69, 9.17) is 0 Å². The van der Waals surface area contributed by atoms with E-state index < -0.39 is 0 Å². The quantitative estimate of drug-likeness (QED) is 0.919. The lowest BCUT2D eigenvalue weighted by atomic mass is 9.84. The maximum Gasteiger partial charge on any atom is 0.252 e. The Morgan fingerprint density at radius 1 is 1.69 bits per heavy atom. The van der Waals surface area contributed by atoms with Gasteiger partial charge < -0.3 is 5.32 Å². The predicted octanol–water partition coefficient (Wildman–Crippen LogP) is 3.53. The number of carbonyl (C=O) groups is 1. The van der Waals surface area contributed by atoms with Crippen molar-refractivity contribution in [1.29, 1.82) is 0 Å². The minimum atomic E-state index is 0.0438. The van der Waals surface area contributed by atoms with Crippen molar-refractivity contribution >= 4 is 44.9 Å². The van der Waals surface area contributed by atoms with Crippen LogP contribution in [-0.4, -0.2) is 23.5 Å². The Hall–Kier alpha value is -0.000000000000000111. The average Bonchev–Trinajstić information content (AvgIpc) is 2.64. The van der Waals surface area contributed by atoms with Gasteiger partial charge in [0.05, 0.1) is 9.35 Å². The lowest BCUT2D eigenvalue weighted by molar-refractivity contribution is 0.0944. The third-order valence-electron chi connectivity index (χ3n) is 3.10. The van der Waals surface area contributed by atoms with Gasteiger partial charge in [-0.1, -0.05) is 6.42 Å². The van der Waals surface area contributed by atoms with E-state index in [1.807, 2.05) is 23.2 Å². The zero-order valence-electron chi connectivity index (χ0n) is 9.09. The molecule has 1 aliphatic carbocycles. The highest BCUT2D eigenvalue weighted by molar-refractivity contribution is 9.11. The molecule has 1 fully saturated rings. The van der Waals surface area contributed by atoms with Crippen LogP contribution in [0.4, 0.5) is 0 Å². The molecule has 1 amide bonds. The largest absolute Gasteiger partial charge is 0.351 e. The predicted molar refractivity (Wildman–Crippen MR) is 74.4 cm³/mol. The highest BCUT2D eigenvalue weighted by Gasteiger charge is 2.36. The SMILES string of the molecule is CSC1(CNC(=O)c2csc(Br)c2)CCC1. The van der Waals surface area contributed by atoms with Crippen LogP contribution in [0.25, 0.3) is 0 Å². The van der Waals surface area contributed by atoms with E-state index in [0.717, 1.165) is 15.9 Å². The van der Waals surface area contributed by atoms with Gasteiger partial charge in [-0.25, -0.2) is 0 Å². The topological polar surface area (TPSA) is 29.1 Å². The third-order valence-corrected chi connectivity index (χ3v) is 6.02. The van der Waals surface area contributed by atoms with Gasteiger partial charge in [-0.05, 0) is 41.1 Å². The average molecular weight is 320 g/mol. The second-order valence-corrected chi connectivity index (χ2v) is 7.63. The van der Waals surface area contributed by atoms with Crippen LogP contribution in [0.5, 0.6) is 0 Å². The van der Waals surface area contributed by atoms with Crippen molar-refractivity contribution in [1.82, 2.24) is 5.32 Å². The van der Waals surface area contributed by atoms with E-state index in [-0.39, 0.29) is 5.91 Å². The Morgan fingerprint density at radius 3 is 2.88 bits per heavy atom. The first kappa shape index (κ1) is 12.5. The summed E-state index contributed by atoms with van der Waals surface area (Å²) in [6, 6.07) is 1.87. The van der Waals surface area contributed by atoms with Gasteiger partial charge in [-0.15, -0.1) is 11.3 Å². The van der Waals surface area contributed by atoms with Crippen LogP contribution in [0, 0.1) is 0 Å². The molecule has 0 saturated heterocycles. The number of nitrogens with one attached hydrogen (secondary N) is 1. The monoisotopic (exact) mass is 319 g/mol. The van der Waals surface area contributed by atoms with E-state index in [1.54, 1.807) is 11.3 Å². The molecule has 0 spiro atoms. The van der Waals surface area contributed by atoms with Crippen LogP contribution >= 0.6 is 39.0 Å². The molecular formula is C11H14BrNOS2. The van der Waals surface area contributed by atoms with Crippen molar-refractivity contribution in [3.05, 3.63) is 20.8 Å². The Morgan fingerprint density at radius 2 is 2.44 bits per heavy atom. The molecule has 0 bridgehead atoms. The van der Waals surface area contributed by atoms with Crippen molar-refractivity contribution in [3.63, 3.8) is 0 Å². The van der Waals surface area contributed by atoms with Crippen molar-refractivity contribution in [2.75, 3.05) is 12.8 Å². The first-order chi connectivity index (χ1) is 7.65. The molecule has 1 saturated carbocycles. The van der Waals surface area contributed by atoms with Gasteiger partial charge in [-0.3, -0.25) is 4.79 Å². The van der Waals surface area contributed by atoms with Gasteiger partial charge >= 0.3 is 0 Å². The van der Waals surface area contributed by atoms with Gasteiger partial charge in [0.15, 0.2) is 0 Å². The third kappa shape index (κ3) is 2.63. The number of halogens is 1. The second kappa shape index (κ2) is 5.10. The van der Waals surface area contributed by atoms with Gasteiger partial charge in [0.1, 0.15) is 0 Å².